The smallest absolute Gasteiger partial charge is 0.311 e. The number of nitrogens with zero attached hydrogens (tertiary/aromatic N) is 2. The number of rotatable bonds is 3. The molecule has 0 radical (unpaired) electrons. The summed E-state index contributed by atoms with van der Waals surface area (Å²) < 4.78 is 5.03. The van der Waals surface area contributed by atoms with Crippen molar-refractivity contribution in [3.63, 3.8) is 0 Å². The summed E-state index contributed by atoms with van der Waals surface area (Å²) in [6.07, 6.45) is 1.39. The highest BCUT2D eigenvalue weighted by molar-refractivity contribution is 5.59. The summed E-state index contributed by atoms with van der Waals surface area (Å²) in [6.45, 7) is 1.40. The van der Waals surface area contributed by atoms with Crippen molar-refractivity contribution in [2.45, 2.75) is 18.9 Å². The van der Waals surface area contributed by atoms with Crippen LogP contribution in [0.3, 0.4) is 0 Å². The first-order chi connectivity index (χ1) is 8.61. The third-order valence-corrected chi connectivity index (χ3v) is 3.12. The molecular formula is C12H16N2O4. The van der Waals surface area contributed by atoms with E-state index < -0.39 is 4.92 Å². The van der Waals surface area contributed by atoms with Crippen LogP contribution in [-0.4, -0.2) is 36.3 Å². The minimum atomic E-state index is -0.465. The van der Waals surface area contributed by atoms with Gasteiger partial charge in [0.2, 0.25) is 0 Å². The molecule has 1 aliphatic rings. The molecule has 1 atom stereocenters. The number of aliphatic hydroxyl groups excluding tert-OH is 1. The molecule has 1 saturated heterocycles. The molecule has 1 N–H and O–H groups in total. The van der Waals surface area contributed by atoms with Crippen LogP contribution in [0.25, 0.3) is 0 Å². The number of nitro benzene ring substituents is 1. The molecule has 0 amide bonds. The van der Waals surface area contributed by atoms with Crippen LogP contribution in [0.2, 0.25) is 0 Å². The molecule has 1 aliphatic heterocycles. The van der Waals surface area contributed by atoms with Gasteiger partial charge in [0, 0.05) is 30.9 Å². The summed E-state index contributed by atoms with van der Waals surface area (Å²) >= 11 is 0. The van der Waals surface area contributed by atoms with Crippen LogP contribution < -0.4 is 9.64 Å². The molecular weight excluding hydrogens is 236 g/mol. The second-order valence-electron chi connectivity index (χ2n) is 4.36. The zero-order chi connectivity index (χ0) is 13.1. The molecule has 0 unspecified atom stereocenters. The SMILES string of the molecule is COc1cc(N2CCC[C@@H](O)C2)ccc1[N+](=O)[O-]. The summed E-state index contributed by atoms with van der Waals surface area (Å²) in [5, 5.41) is 20.4. The second kappa shape index (κ2) is 5.22. The van der Waals surface area contributed by atoms with E-state index in [0.29, 0.717) is 6.54 Å². The number of ether oxygens (including phenoxy) is 1. The van der Waals surface area contributed by atoms with Crippen molar-refractivity contribution in [1.29, 1.82) is 0 Å². The molecule has 1 aromatic carbocycles. The van der Waals surface area contributed by atoms with Crippen LogP contribution in [0, 0.1) is 10.1 Å². The van der Waals surface area contributed by atoms with Gasteiger partial charge in [-0.25, -0.2) is 0 Å². The van der Waals surface area contributed by atoms with Crippen molar-refractivity contribution in [3.05, 3.63) is 28.3 Å². The van der Waals surface area contributed by atoms with Gasteiger partial charge in [0.1, 0.15) is 0 Å². The van der Waals surface area contributed by atoms with Gasteiger partial charge in [-0.1, -0.05) is 0 Å². The average Bonchev–Trinajstić information content (AvgIpc) is 2.37. The van der Waals surface area contributed by atoms with Crippen molar-refractivity contribution >= 4 is 11.4 Å². The van der Waals surface area contributed by atoms with E-state index in [9.17, 15) is 15.2 Å². The first-order valence-electron chi connectivity index (χ1n) is 5.87. The number of β-amino-alcohol motifs (C(OH)–C–C–N with tert-alkyl or cyclic N) is 1. The maximum absolute atomic E-state index is 10.8. The van der Waals surface area contributed by atoms with E-state index in [0.717, 1.165) is 25.1 Å². The fraction of sp³-hybridized carbons (Fsp3) is 0.500. The van der Waals surface area contributed by atoms with E-state index in [-0.39, 0.29) is 17.5 Å². The van der Waals surface area contributed by atoms with Gasteiger partial charge in [-0.2, -0.15) is 0 Å². The van der Waals surface area contributed by atoms with Gasteiger partial charge < -0.3 is 14.7 Å². The minimum Gasteiger partial charge on any atom is -0.490 e. The Morgan fingerprint density at radius 1 is 1.56 bits per heavy atom. The van der Waals surface area contributed by atoms with Gasteiger partial charge >= 0.3 is 5.69 Å². The molecule has 2 rings (SSSR count). The Morgan fingerprint density at radius 2 is 2.33 bits per heavy atom. The van der Waals surface area contributed by atoms with Gasteiger partial charge in [-0.05, 0) is 18.9 Å². The fourth-order valence-corrected chi connectivity index (χ4v) is 2.20. The van der Waals surface area contributed by atoms with Crippen molar-refractivity contribution in [2.75, 3.05) is 25.1 Å². The van der Waals surface area contributed by atoms with Crippen LogP contribution in [-0.2, 0) is 0 Å². The Morgan fingerprint density at radius 3 is 2.94 bits per heavy atom. The van der Waals surface area contributed by atoms with Crippen LogP contribution in [0.5, 0.6) is 5.75 Å². The van der Waals surface area contributed by atoms with Crippen LogP contribution in [0.1, 0.15) is 12.8 Å². The van der Waals surface area contributed by atoms with E-state index in [4.69, 9.17) is 4.74 Å². The summed E-state index contributed by atoms with van der Waals surface area (Å²) in [6, 6.07) is 4.78. The lowest BCUT2D eigenvalue weighted by molar-refractivity contribution is -0.385. The Kier molecular flexibility index (Phi) is 3.66. The number of anilines is 1. The Labute approximate surface area is 105 Å². The van der Waals surface area contributed by atoms with Crippen molar-refractivity contribution in [1.82, 2.24) is 0 Å². The van der Waals surface area contributed by atoms with Gasteiger partial charge in [0.05, 0.1) is 18.1 Å². The molecule has 18 heavy (non-hydrogen) atoms. The number of nitro groups is 1. The number of benzene rings is 1. The summed E-state index contributed by atoms with van der Waals surface area (Å²) in [7, 11) is 1.41. The Bertz CT molecular complexity index is 450. The predicted molar refractivity (Wildman–Crippen MR) is 67.1 cm³/mol. The number of aliphatic hydroxyl groups is 1. The summed E-state index contributed by atoms with van der Waals surface area (Å²) in [5.41, 5.74) is 0.801. The fourth-order valence-electron chi connectivity index (χ4n) is 2.20. The molecule has 0 spiro atoms. The summed E-state index contributed by atoms with van der Waals surface area (Å²) in [5.74, 6) is 0.248. The third-order valence-electron chi connectivity index (χ3n) is 3.12. The van der Waals surface area contributed by atoms with Crippen LogP contribution in [0.15, 0.2) is 18.2 Å². The van der Waals surface area contributed by atoms with Crippen molar-refractivity contribution in [2.24, 2.45) is 0 Å². The Balaban J connectivity index is 2.26. The number of hydrogen-bond donors (Lipinski definition) is 1. The van der Waals surface area contributed by atoms with Crippen LogP contribution in [0.4, 0.5) is 11.4 Å². The maximum atomic E-state index is 10.8. The molecule has 0 aromatic heterocycles. The first kappa shape index (κ1) is 12.6. The lowest BCUT2D eigenvalue weighted by Gasteiger charge is -2.32. The van der Waals surface area contributed by atoms with E-state index in [2.05, 4.69) is 0 Å². The lowest BCUT2D eigenvalue weighted by atomic mass is 10.1. The van der Waals surface area contributed by atoms with Crippen LogP contribution >= 0.6 is 0 Å². The van der Waals surface area contributed by atoms with E-state index in [1.165, 1.54) is 13.2 Å². The molecule has 98 valence electrons. The molecule has 6 nitrogen and oxygen atoms in total. The molecule has 0 aliphatic carbocycles. The van der Waals surface area contributed by atoms with Crippen molar-refractivity contribution < 1.29 is 14.8 Å². The quantitative estimate of drug-likeness (QED) is 0.652. The Hall–Kier alpha value is -1.82. The topological polar surface area (TPSA) is 75.8 Å². The zero-order valence-corrected chi connectivity index (χ0v) is 10.2. The third kappa shape index (κ3) is 2.53. The number of methoxy groups -OCH3 is 1. The van der Waals surface area contributed by atoms with Gasteiger partial charge in [0.15, 0.2) is 5.75 Å². The zero-order valence-electron chi connectivity index (χ0n) is 10.2. The lowest BCUT2D eigenvalue weighted by Crippen LogP contribution is -2.38. The normalized spacial score (nSPS) is 19.7. The van der Waals surface area contributed by atoms with Gasteiger partial charge in [-0.15, -0.1) is 0 Å². The molecule has 0 saturated carbocycles. The van der Waals surface area contributed by atoms with E-state index in [1.807, 2.05) is 4.90 Å². The van der Waals surface area contributed by atoms with E-state index in [1.54, 1.807) is 12.1 Å². The molecule has 6 heteroatoms. The highest BCUT2D eigenvalue weighted by Gasteiger charge is 2.21. The van der Waals surface area contributed by atoms with E-state index >= 15 is 0 Å². The standard InChI is InChI=1S/C12H16N2O4/c1-18-12-7-9(4-5-11(12)14(16)17)13-6-2-3-10(15)8-13/h4-5,7,10,15H,2-3,6,8H2,1H3/t10-/m1/s1. The molecule has 1 heterocycles. The van der Waals surface area contributed by atoms with Gasteiger partial charge in [-0.3, -0.25) is 10.1 Å². The van der Waals surface area contributed by atoms with Crippen molar-refractivity contribution in [3.8, 4) is 5.75 Å². The number of hydrogen-bond acceptors (Lipinski definition) is 5. The second-order valence-corrected chi connectivity index (χ2v) is 4.36. The maximum Gasteiger partial charge on any atom is 0.311 e. The molecule has 0 bridgehead atoms. The molecule has 1 fully saturated rings. The summed E-state index contributed by atoms with van der Waals surface area (Å²) in [4.78, 5) is 12.3. The molecule has 1 aromatic rings. The predicted octanol–water partition coefficient (Wildman–Crippen LogP) is 1.56. The minimum absolute atomic E-state index is 0.0428. The highest BCUT2D eigenvalue weighted by Crippen LogP contribution is 2.32. The first-order valence-corrected chi connectivity index (χ1v) is 5.87. The average molecular weight is 252 g/mol. The number of piperidine rings is 1. The largest absolute Gasteiger partial charge is 0.490 e. The van der Waals surface area contributed by atoms with Gasteiger partial charge in [0.25, 0.3) is 0 Å². The monoisotopic (exact) mass is 252 g/mol. The highest BCUT2D eigenvalue weighted by atomic mass is 16.6.